The van der Waals surface area contributed by atoms with E-state index in [4.69, 9.17) is 0 Å². The van der Waals surface area contributed by atoms with Crippen molar-refractivity contribution in [2.75, 3.05) is 7.11 Å². The van der Waals surface area contributed by atoms with Crippen molar-refractivity contribution in [2.45, 2.75) is 66.2 Å². The maximum absolute atomic E-state index is 11.2. The third kappa shape index (κ3) is 11.1. The van der Waals surface area contributed by atoms with Crippen molar-refractivity contribution >= 4 is 5.97 Å². The lowest BCUT2D eigenvalue weighted by molar-refractivity contribution is -0.136. The minimum atomic E-state index is -0.305. The molecule has 0 heterocycles. The van der Waals surface area contributed by atoms with Gasteiger partial charge in [0.05, 0.1) is 7.11 Å². The van der Waals surface area contributed by atoms with E-state index in [0.717, 1.165) is 32.1 Å². The summed E-state index contributed by atoms with van der Waals surface area (Å²) in [5.74, 6) is -0.305. The molecule has 0 spiro atoms. The molecule has 0 aliphatic carbocycles. The lowest BCUT2D eigenvalue weighted by atomic mass is 10.0. The van der Waals surface area contributed by atoms with Crippen LogP contribution in [0.25, 0.3) is 0 Å². The zero-order valence-electron chi connectivity index (χ0n) is 15.0. The van der Waals surface area contributed by atoms with E-state index in [-0.39, 0.29) is 5.97 Å². The average molecular weight is 304 g/mol. The maximum Gasteiger partial charge on any atom is 0.333 e. The molecule has 2 heteroatoms. The van der Waals surface area contributed by atoms with E-state index in [1.807, 2.05) is 0 Å². The monoisotopic (exact) mass is 304 g/mol. The van der Waals surface area contributed by atoms with Gasteiger partial charge in [-0.1, -0.05) is 41.5 Å². The quantitative estimate of drug-likeness (QED) is 0.285. The second kappa shape index (κ2) is 12.0. The van der Waals surface area contributed by atoms with Gasteiger partial charge in [-0.15, -0.1) is 0 Å². The Balaban J connectivity index is 3.99. The number of rotatable bonds is 10. The van der Waals surface area contributed by atoms with Crippen molar-refractivity contribution in [3.8, 4) is 0 Å². The van der Waals surface area contributed by atoms with Crippen LogP contribution in [-0.2, 0) is 9.53 Å². The van der Waals surface area contributed by atoms with Gasteiger partial charge < -0.3 is 4.74 Å². The van der Waals surface area contributed by atoms with E-state index in [0.29, 0.717) is 12.0 Å². The highest BCUT2D eigenvalue weighted by molar-refractivity contribution is 5.87. The van der Waals surface area contributed by atoms with E-state index < -0.39 is 0 Å². The van der Waals surface area contributed by atoms with Crippen LogP contribution >= 0.6 is 0 Å². The smallest absolute Gasteiger partial charge is 0.333 e. The zero-order valence-corrected chi connectivity index (χ0v) is 15.0. The minimum Gasteiger partial charge on any atom is -0.466 e. The molecule has 0 atom stereocenters. The summed E-state index contributed by atoms with van der Waals surface area (Å²) in [6.45, 7) is 12.4. The second-order valence-electron chi connectivity index (χ2n) is 6.09. The van der Waals surface area contributed by atoms with Crippen LogP contribution < -0.4 is 0 Å². The van der Waals surface area contributed by atoms with Crippen LogP contribution in [0.15, 0.2) is 47.1 Å². The van der Waals surface area contributed by atoms with Gasteiger partial charge in [-0.2, -0.15) is 0 Å². The molecule has 0 rings (SSSR count). The lowest BCUT2D eigenvalue weighted by Crippen LogP contribution is -2.02. The van der Waals surface area contributed by atoms with Crippen molar-refractivity contribution in [3.63, 3.8) is 0 Å². The Labute approximate surface area is 136 Å². The van der Waals surface area contributed by atoms with E-state index in [1.54, 1.807) is 0 Å². The fourth-order valence-electron chi connectivity index (χ4n) is 2.08. The molecular weight excluding hydrogens is 272 g/mol. The standard InChI is InChI=1S/C20H32O2/c1-16(2)10-7-11-17(3)12-8-13-18(4)14-9-15-19(5)20(21)22-6/h10,12,14H,5,7-9,11,13,15H2,1-4,6H3/b17-12+,18-14+. The number of allylic oxidation sites excluding steroid dienone is 6. The van der Waals surface area contributed by atoms with Crippen LogP contribution in [0.2, 0.25) is 0 Å². The predicted octanol–water partition coefficient (Wildman–Crippen LogP) is 5.92. The van der Waals surface area contributed by atoms with Crippen molar-refractivity contribution in [2.24, 2.45) is 0 Å². The first-order valence-electron chi connectivity index (χ1n) is 8.07. The minimum absolute atomic E-state index is 0.305. The highest BCUT2D eigenvalue weighted by atomic mass is 16.5. The molecule has 0 unspecified atom stereocenters. The summed E-state index contributed by atoms with van der Waals surface area (Å²) in [7, 11) is 1.39. The number of carbonyl (C=O) groups is 1. The van der Waals surface area contributed by atoms with Gasteiger partial charge in [-0.25, -0.2) is 4.79 Å². The van der Waals surface area contributed by atoms with Crippen LogP contribution in [0.5, 0.6) is 0 Å². The Hall–Kier alpha value is -1.57. The normalized spacial score (nSPS) is 12.0. The Kier molecular flexibility index (Phi) is 11.2. The Morgan fingerprint density at radius 1 is 0.864 bits per heavy atom. The Morgan fingerprint density at radius 2 is 1.32 bits per heavy atom. The van der Waals surface area contributed by atoms with Crippen LogP contribution in [0, 0.1) is 0 Å². The molecular formula is C20H32O2. The molecule has 0 saturated heterocycles. The van der Waals surface area contributed by atoms with Crippen molar-refractivity contribution in [1.29, 1.82) is 0 Å². The molecule has 124 valence electrons. The van der Waals surface area contributed by atoms with Gasteiger partial charge in [-0.05, 0) is 66.2 Å². The fraction of sp³-hybridized carbons (Fsp3) is 0.550. The predicted molar refractivity (Wildman–Crippen MR) is 95.8 cm³/mol. The molecule has 0 aliphatic rings. The van der Waals surface area contributed by atoms with Gasteiger partial charge in [0.15, 0.2) is 0 Å². The molecule has 2 nitrogen and oxygen atoms in total. The number of hydrogen-bond acceptors (Lipinski definition) is 2. The number of esters is 1. The number of ether oxygens (including phenoxy) is 1. The molecule has 0 amide bonds. The summed E-state index contributed by atoms with van der Waals surface area (Å²) >= 11 is 0. The van der Waals surface area contributed by atoms with E-state index >= 15 is 0 Å². The van der Waals surface area contributed by atoms with Crippen LogP contribution in [0.3, 0.4) is 0 Å². The Bertz CT molecular complexity index is 446. The molecule has 0 fully saturated rings. The molecule has 0 aromatic rings. The molecule has 0 bridgehead atoms. The van der Waals surface area contributed by atoms with Crippen LogP contribution in [0.1, 0.15) is 66.2 Å². The first kappa shape index (κ1) is 20.4. The molecule has 0 radical (unpaired) electrons. The summed E-state index contributed by atoms with van der Waals surface area (Å²) in [5.41, 5.74) is 4.76. The highest BCUT2D eigenvalue weighted by Gasteiger charge is 2.04. The fourth-order valence-corrected chi connectivity index (χ4v) is 2.08. The van der Waals surface area contributed by atoms with E-state index in [1.165, 1.54) is 23.8 Å². The SMILES string of the molecule is C=C(CC/C=C(\C)CC/C=C(\C)CCC=C(C)C)C(=O)OC. The summed E-state index contributed by atoms with van der Waals surface area (Å²) < 4.78 is 4.64. The molecule has 0 N–H and O–H groups in total. The van der Waals surface area contributed by atoms with Gasteiger partial charge in [0.25, 0.3) is 0 Å². The molecule has 0 aliphatic heterocycles. The highest BCUT2D eigenvalue weighted by Crippen LogP contribution is 2.13. The number of hydrogen-bond donors (Lipinski definition) is 0. The largest absolute Gasteiger partial charge is 0.466 e. The zero-order chi connectivity index (χ0) is 17.0. The van der Waals surface area contributed by atoms with Crippen LogP contribution in [0.4, 0.5) is 0 Å². The maximum atomic E-state index is 11.2. The van der Waals surface area contributed by atoms with E-state index in [9.17, 15) is 4.79 Å². The topological polar surface area (TPSA) is 26.3 Å². The summed E-state index contributed by atoms with van der Waals surface area (Å²) in [6.07, 6.45) is 12.8. The first-order chi connectivity index (χ1) is 10.4. The third-order valence-corrected chi connectivity index (χ3v) is 3.54. The summed E-state index contributed by atoms with van der Waals surface area (Å²) in [6, 6.07) is 0. The third-order valence-electron chi connectivity index (χ3n) is 3.54. The summed E-state index contributed by atoms with van der Waals surface area (Å²) in [5, 5.41) is 0. The van der Waals surface area contributed by atoms with Crippen molar-refractivity contribution < 1.29 is 9.53 Å². The van der Waals surface area contributed by atoms with Gasteiger partial charge in [0.2, 0.25) is 0 Å². The Morgan fingerprint density at radius 3 is 1.77 bits per heavy atom. The molecule has 0 aromatic heterocycles. The van der Waals surface area contributed by atoms with Crippen LogP contribution in [-0.4, -0.2) is 13.1 Å². The number of carbonyl (C=O) groups excluding carboxylic acids is 1. The van der Waals surface area contributed by atoms with Gasteiger partial charge in [0.1, 0.15) is 0 Å². The van der Waals surface area contributed by atoms with Gasteiger partial charge in [0, 0.05) is 5.57 Å². The first-order valence-corrected chi connectivity index (χ1v) is 8.07. The van der Waals surface area contributed by atoms with Crippen molar-refractivity contribution in [3.05, 3.63) is 47.1 Å². The molecule has 0 saturated carbocycles. The number of methoxy groups -OCH3 is 1. The average Bonchev–Trinajstić information content (AvgIpc) is 2.45. The summed E-state index contributed by atoms with van der Waals surface area (Å²) in [4.78, 5) is 11.2. The van der Waals surface area contributed by atoms with Gasteiger partial charge >= 0.3 is 5.97 Å². The molecule has 22 heavy (non-hydrogen) atoms. The lowest BCUT2D eigenvalue weighted by Gasteiger charge is -2.03. The molecule has 0 aromatic carbocycles. The van der Waals surface area contributed by atoms with Crippen molar-refractivity contribution in [1.82, 2.24) is 0 Å². The second-order valence-corrected chi connectivity index (χ2v) is 6.09. The van der Waals surface area contributed by atoms with Gasteiger partial charge in [-0.3, -0.25) is 0 Å². The van der Waals surface area contributed by atoms with E-state index in [2.05, 4.69) is 57.2 Å².